The number of rotatable bonds is 4. The molecule has 0 spiro atoms. The van der Waals surface area contributed by atoms with E-state index < -0.39 is 6.10 Å². The minimum absolute atomic E-state index is 0.0228. The number of hydrogen-bond donors (Lipinski definition) is 3. The van der Waals surface area contributed by atoms with Gasteiger partial charge < -0.3 is 20.3 Å². The van der Waals surface area contributed by atoms with Crippen LogP contribution in [0.5, 0.6) is 11.5 Å². The largest absolute Gasteiger partial charge is 0.504 e. The lowest BCUT2D eigenvalue weighted by molar-refractivity contribution is 0.176. The quantitative estimate of drug-likeness (QED) is 0.754. The topological polar surface area (TPSA) is 61.7 Å². The van der Waals surface area contributed by atoms with Gasteiger partial charge in [0.1, 0.15) is 0 Å². The first-order valence-electron chi connectivity index (χ1n) is 4.91. The molecule has 1 rings (SSSR count). The van der Waals surface area contributed by atoms with Crippen LogP contribution in [0.2, 0.25) is 5.02 Å². The van der Waals surface area contributed by atoms with Crippen LogP contribution in [0, 0.1) is 6.92 Å². The highest BCUT2D eigenvalue weighted by molar-refractivity contribution is 6.33. The van der Waals surface area contributed by atoms with Crippen LogP contribution in [0.1, 0.15) is 17.2 Å². The van der Waals surface area contributed by atoms with Crippen molar-refractivity contribution in [3.05, 3.63) is 22.2 Å². The molecule has 1 unspecified atom stereocenters. The number of aliphatic hydroxyl groups is 1. The molecule has 16 heavy (non-hydrogen) atoms. The zero-order valence-electron chi connectivity index (χ0n) is 9.54. The number of aromatic hydroxyl groups is 1. The summed E-state index contributed by atoms with van der Waals surface area (Å²) in [7, 11) is 3.16. The van der Waals surface area contributed by atoms with Crippen molar-refractivity contribution < 1.29 is 14.9 Å². The molecule has 1 aromatic rings. The molecule has 0 amide bonds. The first kappa shape index (κ1) is 13.1. The average Bonchev–Trinajstić information content (AvgIpc) is 2.17. The van der Waals surface area contributed by atoms with E-state index in [0.29, 0.717) is 12.1 Å². The molecule has 3 N–H and O–H groups in total. The standard InChI is InChI=1S/C11H16ClNO3/c1-6-4-7(14)11(16-3)10(12)9(6)8(15)5-13-2/h4,8,13-15H,5H2,1-3H3. The average molecular weight is 246 g/mol. The molecular weight excluding hydrogens is 230 g/mol. The maximum Gasteiger partial charge on any atom is 0.179 e. The van der Waals surface area contributed by atoms with Crippen LogP contribution in [-0.2, 0) is 0 Å². The van der Waals surface area contributed by atoms with Crippen molar-refractivity contribution >= 4 is 11.6 Å². The summed E-state index contributed by atoms with van der Waals surface area (Å²) < 4.78 is 4.99. The molecule has 0 heterocycles. The zero-order valence-corrected chi connectivity index (χ0v) is 10.3. The fraction of sp³-hybridized carbons (Fsp3) is 0.455. The molecule has 0 bridgehead atoms. The summed E-state index contributed by atoms with van der Waals surface area (Å²) in [5.74, 6) is 0.169. The van der Waals surface area contributed by atoms with E-state index in [0.717, 1.165) is 5.56 Å². The van der Waals surface area contributed by atoms with Crippen LogP contribution < -0.4 is 10.1 Å². The van der Waals surface area contributed by atoms with Gasteiger partial charge in [0.2, 0.25) is 0 Å². The van der Waals surface area contributed by atoms with Crippen LogP contribution in [-0.4, -0.2) is 30.9 Å². The van der Waals surface area contributed by atoms with E-state index in [4.69, 9.17) is 16.3 Å². The SMILES string of the molecule is CNCC(O)c1c(C)cc(O)c(OC)c1Cl. The van der Waals surface area contributed by atoms with Crippen LogP contribution in [0.25, 0.3) is 0 Å². The maximum atomic E-state index is 9.91. The lowest BCUT2D eigenvalue weighted by Crippen LogP contribution is -2.18. The van der Waals surface area contributed by atoms with E-state index in [2.05, 4.69) is 5.32 Å². The third-order valence-corrected chi connectivity index (χ3v) is 2.76. The van der Waals surface area contributed by atoms with Crippen molar-refractivity contribution in [3.8, 4) is 11.5 Å². The molecule has 0 aliphatic heterocycles. The zero-order chi connectivity index (χ0) is 12.3. The van der Waals surface area contributed by atoms with E-state index in [1.54, 1.807) is 14.0 Å². The Bertz CT molecular complexity index is 382. The van der Waals surface area contributed by atoms with Gasteiger partial charge >= 0.3 is 0 Å². The predicted octanol–water partition coefficient (Wildman–Crippen LogP) is 1.62. The molecule has 90 valence electrons. The third kappa shape index (κ3) is 2.40. The van der Waals surface area contributed by atoms with Crippen LogP contribution in [0.15, 0.2) is 6.07 Å². The number of aliphatic hydroxyl groups excluding tert-OH is 1. The highest BCUT2D eigenvalue weighted by Gasteiger charge is 2.20. The van der Waals surface area contributed by atoms with E-state index in [1.165, 1.54) is 13.2 Å². The minimum atomic E-state index is -0.730. The molecule has 0 saturated heterocycles. The van der Waals surface area contributed by atoms with E-state index in [1.807, 2.05) is 0 Å². The van der Waals surface area contributed by atoms with Gasteiger partial charge in [0.25, 0.3) is 0 Å². The lowest BCUT2D eigenvalue weighted by Gasteiger charge is -2.18. The Hall–Kier alpha value is -0.970. The van der Waals surface area contributed by atoms with Crippen molar-refractivity contribution in [3.63, 3.8) is 0 Å². The molecule has 1 aromatic carbocycles. The Morgan fingerprint density at radius 3 is 2.69 bits per heavy atom. The highest BCUT2D eigenvalue weighted by Crippen LogP contribution is 2.40. The van der Waals surface area contributed by atoms with Gasteiger partial charge in [0.15, 0.2) is 11.5 Å². The predicted molar refractivity (Wildman–Crippen MR) is 63.3 cm³/mol. The minimum Gasteiger partial charge on any atom is -0.504 e. The molecule has 0 aliphatic rings. The van der Waals surface area contributed by atoms with E-state index in [9.17, 15) is 10.2 Å². The van der Waals surface area contributed by atoms with Crippen molar-refractivity contribution in [1.29, 1.82) is 0 Å². The molecule has 4 nitrogen and oxygen atoms in total. The molecule has 0 aliphatic carbocycles. The number of aryl methyl sites for hydroxylation is 1. The summed E-state index contributed by atoms with van der Waals surface area (Å²) in [5, 5.41) is 22.6. The van der Waals surface area contributed by atoms with Crippen molar-refractivity contribution in [2.75, 3.05) is 20.7 Å². The van der Waals surface area contributed by atoms with E-state index in [-0.39, 0.29) is 16.5 Å². The smallest absolute Gasteiger partial charge is 0.179 e. The highest BCUT2D eigenvalue weighted by atomic mass is 35.5. The monoisotopic (exact) mass is 245 g/mol. The number of halogens is 1. The van der Waals surface area contributed by atoms with E-state index >= 15 is 0 Å². The van der Waals surface area contributed by atoms with Gasteiger partial charge in [-0.3, -0.25) is 0 Å². The summed E-state index contributed by atoms with van der Waals surface area (Å²) in [4.78, 5) is 0. The fourth-order valence-electron chi connectivity index (χ4n) is 1.65. The summed E-state index contributed by atoms with van der Waals surface area (Å²) >= 11 is 6.08. The number of phenolic OH excluding ortho intramolecular Hbond substituents is 1. The van der Waals surface area contributed by atoms with Crippen molar-refractivity contribution in [1.82, 2.24) is 5.32 Å². The first-order valence-corrected chi connectivity index (χ1v) is 5.29. The van der Waals surface area contributed by atoms with Gasteiger partial charge in [0, 0.05) is 12.1 Å². The second kappa shape index (κ2) is 5.39. The Labute approximate surface area is 99.8 Å². The number of likely N-dealkylation sites (N-methyl/N-ethyl adjacent to an activating group) is 1. The van der Waals surface area contributed by atoms with Crippen LogP contribution in [0.4, 0.5) is 0 Å². The number of hydrogen-bond acceptors (Lipinski definition) is 4. The number of phenols is 1. The third-order valence-electron chi connectivity index (χ3n) is 2.38. The van der Waals surface area contributed by atoms with Gasteiger partial charge in [-0.15, -0.1) is 0 Å². The van der Waals surface area contributed by atoms with Gasteiger partial charge in [-0.2, -0.15) is 0 Å². The van der Waals surface area contributed by atoms with Gasteiger partial charge in [-0.25, -0.2) is 0 Å². The molecule has 0 radical (unpaired) electrons. The normalized spacial score (nSPS) is 12.6. The Morgan fingerprint density at radius 2 is 2.19 bits per heavy atom. The number of nitrogens with one attached hydrogen (secondary N) is 1. The Morgan fingerprint density at radius 1 is 1.56 bits per heavy atom. The number of benzene rings is 1. The summed E-state index contributed by atoms with van der Waals surface area (Å²) in [6.45, 7) is 2.16. The van der Waals surface area contributed by atoms with Gasteiger partial charge in [-0.1, -0.05) is 11.6 Å². The Kier molecular flexibility index (Phi) is 4.41. The second-order valence-corrected chi connectivity index (χ2v) is 3.92. The van der Waals surface area contributed by atoms with Gasteiger partial charge in [-0.05, 0) is 25.6 Å². The summed E-state index contributed by atoms with van der Waals surface area (Å²) in [6.07, 6.45) is -0.730. The van der Waals surface area contributed by atoms with Gasteiger partial charge in [0.05, 0.1) is 18.2 Å². The fourth-order valence-corrected chi connectivity index (χ4v) is 2.10. The van der Waals surface area contributed by atoms with Crippen molar-refractivity contribution in [2.24, 2.45) is 0 Å². The second-order valence-electron chi connectivity index (χ2n) is 3.55. The van der Waals surface area contributed by atoms with Crippen molar-refractivity contribution in [2.45, 2.75) is 13.0 Å². The van der Waals surface area contributed by atoms with Crippen LogP contribution in [0.3, 0.4) is 0 Å². The van der Waals surface area contributed by atoms with Crippen LogP contribution >= 0.6 is 11.6 Å². The molecular formula is C11H16ClNO3. The summed E-state index contributed by atoms with van der Waals surface area (Å²) in [6, 6.07) is 1.53. The lowest BCUT2D eigenvalue weighted by atomic mass is 10.0. The summed E-state index contributed by atoms with van der Waals surface area (Å²) in [5.41, 5.74) is 1.30. The first-order chi connectivity index (χ1) is 7.52. The molecule has 0 fully saturated rings. The molecule has 0 aromatic heterocycles. The molecule has 1 atom stereocenters. The molecule has 5 heteroatoms. The number of methoxy groups -OCH3 is 1. The number of ether oxygens (including phenoxy) is 1. The molecule has 0 saturated carbocycles. The maximum absolute atomic E-state index is 9.91. The Balaban J connectivity index is 3.27.